The van der Waals surface area contributed by atoms with Crippen molar-refractivity contribution in [2.75, 3.05) is 0 Å². The number of benzene rings is 3. The van der Waals surface area contributed by atoms with E-state index in [9.17, 15) is 5.11 Å². The van der Waals surface area contributed by atoms with Crippen LogP contribution in [0.5, 0.6) is 0 Å². The molecule has 0 amide bonds. The highest BCUT2D eigenvalue weighted by Crippen LogP contribution is 2.45. The average Bonchev–Trinajstić information content (AvgIpc) is 2.90. The van der Waals surface area contributed by atoms with Gasteiger partial charge in [0.1, 0.15) is 0 Å². The topological polar surface area (TPSA) is 20.2 Å². The first-order valence-electron chi connectivity index (χ1n) is 7.74. The number of aliphatic hydroxyl groups excluding tert-OH is 1. The maximum absolute atomic E-state index is 9.17. The normalized spacial score (nSPS) is 13.0. The molecule has 0 atom stereocenters. The molecule has 0 unspecified atom stereocenters. The molecule has 0 spiro atoms. The minimum Gasteiger partial charge on any atom is -0.392 e. The molecule has 1 heteroatoms. The summed E-state index contributed by atoms with van der Waals surface area (Å²) in [5.41, 5.74) is 7.87. The van der Waals surface area contributed by atoms with Gasteiger partial charge in [0.2, 0.25) is 0 Å². The Morgan fingerprint density at radius 2 is 1.14 bits per heavy atom. The molecule has 0 saturated heterocycles. The van der Waals surface area contributed by atoms with Crippen LogP contribution in [0.4, 0.5) is 0 Å². The fourth-order valence-electron chi connectivity index (χ4n) is 3.50. The van der Waals surface area contributed by atoms with E-state index in [0.29, 0.717) is 5.92 Å². The summed E-state index contributed by atoms with van der Waals surface area (Å²) in [5, 5.41) is 9.17. The minimum atomic E-state index is 0.107. The van der Waals surface area contributed by atoms with Crippen molar-refractivity contribution in [2.24, 2.45) is 0 Å². The summed E-state index contributed by atoms with van der Waals surface area (Å²) in [6, 6.07) is 25.8. The first kappa shape index (κ1) is 13.3. The molecule has 108 valence electrons. The second kappa shape index (κ2) is 5.43. The Morgan fingerprint density at radius 1 is 0.636 bits per heavy atom. The van der Waals surface area contributed by atoms with Crippen molar-refractivity contribution in [3.05, 3.63) is 95.1 Å². The summed E-state index contributed by atoms with van der Waals surface area (Å²) in [6.07, 6.45) is 1.000. The summed E-state index contributed by atoms with van der Waals surface area (Å²) >= 11 is 0. The van der Waals surface area contributed by atoms with Crippen LogP contribution in [0.25, 0.3) is 11.1 Å². The molecular formula is C21H18O. The van der Waals surface area contributed by atoms with Crippen molar-refractivity contribution in [1.29, 1.82) is 0 Å². The Morgan fingerprint density at radius 3 is 1.68 bits per heavy atom. The summed E-state index contributed by atoms with van der Waals surface area (Å²) in [4.78, 5) is 0. The number of aliphatic hydroxyl groups is 1. The summed E-state index contributed by atoms with van der Waals surface area (Å²) < 4.78 is 0. The van der Waals surface area contributed by atoms with Crippen molar-refractivity contribution < 1.29 is 5.11 Å². The molecule has 0 bridgehead atoms. The van der Waals surface area contributed by atoms with E-state index >= 15 is 0 Å². The van der Waals surface area contributed by atoms with Crippen LogP contribution >= 0.6 is 0 Å². The van der Waals surface area contributed by atoms with Crippen LogP contribution < -0.4 is 0 Å². The number of rotatable bonds is 3. The van der Waals surface area contributed by atoms with Gasteiger partial charge >= 0.3 is 0 Å². The highest BCUT2D eigenvalue weighted by atomic mass is 16.3. The maximum atomic E-state index is 9.17. The number of hydrogen-bond acceptors (Lipinski definition) is 1. The van der Waals surface area contributed by atoms with E-state index in [1.807, 2.05) is 12.1 Å². The van der Waals surface area contributed by atoms with Crippen molar-refractivity contribution in [3.8, 4) is 11.1 Å². The van der Waals surface area contributed by atoms with E-state index in [0.717, 1.165) is 12.0 Å². The smallest absolute Gasteiger partial charge is 0.0681 e. The van der Waals surface area contributed by atoms with Crippen LogP contribution in [0, 0.1) is 0 Å². The van der Waals surface area contributed by atoms with Crippen LogP contribution in [0.2, 0.25) is 0 Å². The third kappa shape index (κ3) is 2.15. The summed E-state index contributed by atoms with van der Waals surface area (Å²) in [6.45, 7) is 0.107. The van der Waals surface area contributed by atoms with E-state index in [2.05, 4.69) is 60.7 Å². The van der Waals surface area contributed by atoms with E-state index in [-0.39, 0.29) is 6.61 Å². The third-order valence-electron chi connectivity index (χ3n) is 4.61. The van der Waals surface area contributed by atoms with Gasteiger partial charge < -0.3 is 5.11 Å². The molecule has 1 aliphatic carbocycles. The van der Waals surface area contributed by atoms with Gasteiger partial charge in [0.05, 0.1) is 6.61 Å². The molecule has 1 nitrogen and oxygen atoms in total. The minimum absolute atomic E-state index is 0.107. The Labute approximate surface area is 130 Å². The zero-order chi connectivity index (χ0) is 14.9. The van der Waals surface area contributed by atoms with Gasteiger partial charge in [-0.05, 0) is 39.8 Å². The van der Waals surface area contributed by atoms with Gasteiger partial charge in [-0.15, -0.1) is 0 Å². The molecule has 1 N–H and O–H groups in total. The SMILES string of the molecule is OCc1ccc(CC2c3ccccc3-c3ccccc32)cc1. The lowest BCUT2D eigenvalue weighted by molar-refractivity contribution is 0.282. The molecular weight excluding hydrogens is 268 g/mol. The second-order valence-corrected chi connectivity index (χ2v) is 5.91. The van der Waals surface area contributed by atoms with E-state index in [1.54, 1.807) is 0 Å². The van der Waals surface area contributed by atoms with Crippen molar-refractivity contribution >= 4 is 0 Å². The molecule has 4 rings (SSSR count). The predicted octanol–water partition coefficient (Wildman–Crippen LogP) is 4.53. The van der Waals surface area contributed by atoms with E-state index in [4.69, 9.17) is 0 Å². The lowest BCUT2D eigenvalue weighted by Gasteiger charge is -2.14. The molecule has 0 heterocycles. The third-order valence-corrected chi connectivity index (χ3v) is 4.61. The zero-order valence-corrected chi connectivity index (χ0v) is 12.4. The Kier molecular flexibility index (Phi) is 3.28. The lowest BCUT2D eigenvalue weighted by atomic mass is 9.90. The quantitative estimate of drug-likeness (QED) is 0.749. The van der Waals surface area contributed by atoms with E-state index in [1.165, 1.54) is 27.8 Å². The van der Waals surface area contributed by atoms with Crippen LogP contribution in [-0.2, 0) is 13.0 Å². The molecule has 1 aliphatic rings. The van der Waals surface area contributed by atoms with Gasteiger partial charge in [0.25, 0.3) is 0 Å². The second-order valence-electron chi connectivity index (χ2n) is 5.91. The fraction of sp³-hybridized carbons (Fsp3) is 0.143. The maximum Gasteiger partial charge on any atom is 0.0681 e. The van der Waals surface area contributed by atoms with Crippen LogP contribution in [0.15, 0.2) is 72.8 Å². The van der Waals surface area contributed by atoms with Crippen LogP contribution in [-0.4, -0.2) is 5.11 Å². The van der Waals surface area contributed by atoms with E-state index < -0.39 is 0 Å². The zero-order valence-electron chi connectivity index (χ0n) is 12.4. The van der Waals surface area contributed by atoms with Gasteiger partial charge in [0.15, 0.2) is 0 Å². The Hall–Kier alpha value is -2.38. The molecule has 0 radical (unpaired) electrons. The molecule has 0 aliphatic heterocycles. The largest absolute Gasteiger partial charge is 0.392 e. The number of fused-ring (bicyclic) bond motifs is 3. The standard InChI is InChI=1S/C21H18O/c22-14-16-11-9-15(10-12-16)13-21-19-7-3-1-5-17(19)18-6-2-4-8-20(18)21/h1-12,21-22H,13-14H2. The summed E-state index contributed by atoms with van der Waals surface area (Å²) in [5.74, 6) is 0.423. The van der Waals surface area contributed by atoms with Gasteiger partial charge in [-0.3, -0.25) is 0 Å². The number of hydrogen-bond donors (Lipinski definition) is 1. The molecule has 0 fully saturated rings. The average molecular weight is 286 g/mol. The van der Waals surface area contributed by atoms with Crippen LogP contribution in [0.1, 0.15) is 28.2 Å². The van der Waals surface area contributed by atoms with Gasteiger partial charge in [-0.25, -0.2) is 0 Å². The van der Waals surface area contributed by atoms with Crippen LogP contribution in [0.3, 0.4) is 0 Å². The molecule has 0 aromatic heterocycles. The van der Waals surface area contributed by atoms with Gasteiger partial charge in [0, 0.05) is 5.92 Å². The monoisotopic (exact) mass is 286 g/mol. The highest BCUT2D eigenvalue weighted by molar-refractivity contribution is 5.78. The van der Waals surface area contributed by atoms with Gasteiger partial charge in [-0.2, -0.15) is 0 Å². The Balaban J connectivity index is 1.74. The highest BCUT2D eigenvalue weighted by Gasteiger charge is 2.27. The first-order valence-corrected chi connectivity index (χ1v) is 7.74. The molecule has 3 aromatic rings. The summed E-state index contributed by atoms with van der Waals surface area (Å²) in [7, 11) is 0. The Bertz CT molecular complexity index is 757. The molecule has 3 aromatic carbocycles. The molecule has 0 saturated carbocycles. The van der Waals surface area contributed by atoms with Gasteiger partial charge in [-0.1, -0.05) is 72.8 Å². The van der Waals surface area contributed by atoms with Crippen molar-refractivity contribution in [3.63, 3.8) is 0 Å². The molecule has 22 heavy (non-hydrogen) atoms. The van der Waals surface area contributed by atoms with Crippen molar-refractivity contribution in [2.45, 2.75) is 18.9 Å². The lowest BCUT2D eigenvalue weighted by Crippen LogP contribution is -2.01. The fourth-order valence-corrected chi connectivity index (χ4v) is 3.50. The van der Waals surface area contributed by atoms with Crippen molar-refractivity contribution in [1.82, 2.24) is 0 Å². The first-order chi connectivity index (χ1) is 10.9. The predicted molar refractivity (Wildman–Crippen MR) is 89.8 cm³/mol.